The number of carbonyl (C=O) groups is 5. The number of fused-ring (bicyclic) bond motifs is 2. The molecular weight excluding hydrogens is 700 g/mol. The molecule has 2 saturated heterocycles. The molecule has 2 atom stereocenters. The number of likely N-dealkylation sites (tertiary alicyclic amines) is 1. The molecule has 2 fully saturated rings. The summed E-state index contributed by atoms with van der Waals surface area (Å²) in [5.41, 5.74) is 2.79. The van der Waals surface area contributed by atoms with Crippen LogP contribution < -0.4 is 20.7 Å². The summed E-state index contributed by atoms with van der Waals surface area (Å²) in [5.74, 6) is -2.12. The van der Waals surface area contributed by atoms with Crippen LogP contribution in [0.2, 0.25) is 5.02 Å². The maximum absolute atomic E-state index is 13.2. The van der Waals surface area contributed by atoms with Crippen LogP contribution >= 0.6 is 11.6 Å². The topological polar surface area (TPSA) is 179 Å². The second-order valence-corrected chi connectivity index (χ2v) is 14.0. The van der Waals surface area contributed by atoms with Gasteiger partial charge in [0.1, 0.15) is 11.8 Å². The molecule has 3 aliphatic heterocycles. The summed E-state index contributed by atoms with van der Waals surface area (Å²) in [5, 5.41) is 10.1. The van der Waals surface area contributed by atoms with Gasteiger partial charge in [0.05, 0.1) is 28.0 Å². The summed E-state index contributed by atoms with van der Waals surface area (Å²) in [7, 11) is 0. The normalized spacial score (nSPS) is 19.0. The minimum atomic E-state index is -1.08. The zero-order valence-corrected chi connectivity index (χ0v) is 29.9. The van der Waals surface area contributed by atoms with Crippen molar-refractivity contribution < 1.29 is 28.7 Å². The molecule has 15 heteroatoms. The monoisotopic (exact) mass is 740 g/mol. The van der Waals surface area contributed by atoms with Gasteiger partial charge in [-0.25, -0.2) is 9.97 Å². The Balaban J connectivity index is 0.803. The number of benzene rings is 2. The van der Waals surface area contributed by atoms with Gasteiger partial charge in [0.15, 0.2) is 6.61 Å². The Morgan fingerprint density at radius 1 is 0.981 bits per heavy atom. The molecule has 0 bridgehead atoms. The average Bonchev–Trinajstić information content (AvgIpc) is 3.69. The van der Waals surface area contributed by atoms with Crippen molar-refractivity contribution in [2.75, 3.05) is 38.1 Å². The molecule has 5 amide bonds. The highest BCUT2D eigenvalue weighted by molar-refractivity contribution is 6.33. The maximum atomic E-state index is 13.2. The number of unbranched alkanes of at least 4 members (excludes halogenated alkanes) is 3. The lowest BCUT2D eigenvalue weighted by Crippen LogP contribution is -2.54. The Labute approximate surface area is 311 Å². The molecule has 0 radical (unpaired) electrons. The first-order valence-electron chi connectivity index (χ1n) is 18.1. The Hall–Kier alpha value is -5.34. The molecule has 5 heterocycles. The molecule has 2 aromatic heterocycles. The van der Waals surface area contributed by atoms with E-state index in [1.54, 1.807) is 12.3 Å². The van der Waals surface area contributed by atoms with E-state index in [4.69, 9.17) is 21.3 Å². The van der Waals surface area contributed by atoms with Crippen LogP contribution in [0.5, 0.6) is 5.75 Å². The van der Waals surface area contributed by atoms with E-state index in [1.807, 2.05) is 30.5 Å². The Morgan fingerprint density at radius 2 is 1.83 bits per heavy atom. The van der Waals surface area contributed by atoms with Crippen LogP contribution in [0.1, 0.15) is 72.1 Å². The van der Waals surface area contributed by atoms with Gasteiger partial charge in [0.2, 0.25) is 17.8 Å². The Morgan fingerprint density at radius 3 is 2.70 bits per heavy atom. The van der Waals surface area contributed by atoms with Crippen molar-refractivity contribution in [1.82, 2.24) is 35.4 Å². The first-order valence-corrected chi connectivity index (χ1v) is 18.5. The first kappa shape index (κ1) is 36.0. The molecule has 276 valence electrons. The van der Waals surface area contributed by atoms with E-state index in [1.165, 1.54) is 12.1 Å². The molecule has 53 heavy (non-hydrogen) atoms. The number of aromatic amines is 1. The number of ether oxygens (including phenoxy) is 1. The number of hydrogen-bond donors (Lipinski definition) is 4. The van der Waals surface area contributed by atoms with E-state index in [0.717, 1.165) is 79.5 Å². The summed E-state index contributed by atoms with van der Waals surface area (Å²) < 4.78 is 5.67. The molecule has 7 rings (SSSR count). The van der Waals surface area contributed by atoms with Crippen LogP contribution in [0.25, 0.3) is 22.2 Å². The number of rotatable bonds is 14. The maximum Gasteiger partial charge on any atom is 0.266 e. The predicted molar refractivity (Wildman–Crippen MR) is 198 cm³/mol. The fourth-order valence-corrected chi connectivity index (χ4v) is 7.49. The van der Waals surface area contributed by atoms with Crippen LogP contribution in [0.4, 0.5) is 5.95 Å². The van der Waals surface area contributed by atoms with Gasteiger partial charge in [-0.1, -0.05) is 48.7 Å². The molecule has 3 aliphatic rings. The third-order valence-electron chi connectivity index (χ3n) is 9.94. The van der Waals surface area contributed by atoms with Crippen molar-refractivity contribution in [2.24, 2.45) is 0 Å². The summed E-state index contributed by atoms with van der Waals surface area (Å²) in [4.78, 5) is 78.6. The molecule has 0 aliphatic carbocycles. The van der Waals surface area contributed by atoms with Gasteiger partial charge in [0.25, 0.3) is 17.7 Å². The van der Waals surface area contributed by atoms with Crippen molar-refractivity contribution in [3.63, 3.8) is 0 Å². The van der Waals surface area contributed by atoms with Crippen molar-refractivity contribution >= 4 is 58.0 Å². The lowest BCUT2D eigenvalue weighted by atomic mass is 10.0. The number of aromatic nitrogens is 3. The average molecular weight is 741 g/mol. The lowest BCUT2D eigenvalue weighted by molar-refractivity contribution is -0.136. The summed E-state index contributed by atoms with van der Waals surface area (Å²) in [6.07, 6.45) is 9.66. The summed E-state index contributed by atoms with van der Waals surface area (Å²) >= 11 is 6.53. The molecular formula is C38H41ClN8O6. The predicted octanol–water partition coefficient (Wildman–Crippen LogP) is 4.31. The molecule has 4 N–H and O–H groups in total. The molecule has 1 unspecified atom stereocenters. The van der Waals surface area contributed by atoms with E-state index >= 15 is 0 Å². The highest BCUT2D eigenvalue weighted by Gasteiger charge is 2.46. The standard InChI is InChI=1S/C38H41ClN8O6/c39-27-20-42-38(45-34(27)26-19-41-28-12-4-3-10-24(26)28)43-23-9-8-18-46(21-23)17-6-2-1-5-16-40-32(49)22-53-30-13-7-11-25-33(30)37(52)47(36(25)51)29-14-15-31(48)44-35(29)50/h3-4,7,10-13,19-20,23,29,41H,1-2,5-6,8-9,14-18,21-22H2,(H,40,49)(H,42,43,45)(H,44,48,50)/t23-,29?/m1/s1. The third-order valence-corrected chi connectivity index (χ3v) is 10.2. The van der Waals surface area contributed by atoms with E-state index < -0.39 is 29.7 Å². The Kier molecular flexibility index (Phi) is 11.0. The van der Waals surface area contributed by atoms with Gasteiger partial charge in [-0.2, -0.15) is 0 Å². The fourth-order valence-electron chi connectivity index (χ4n) is 7.29. The highest BCUT2D eigenvalue weighted by Crippen LogP contribution is 2.34. The minimum Gasteiger partial charge on any atom is -0.483 e. The van der Waals surface area contributed by atoms with E-state index in [9.17, 15) is 24.0 Å². The van der Waals surface area contributed by atoms with Crippen molar-refractivity contribution in [3.8, 4) is 17.0 Å². The highest BCUT2D eigenvalue weighted by atomic mass is 35.5. The largest absolute Gasteiger partial charge is 0.483 e. The van der Waals surface area contributed by atoms with Crippen molar-refractivity contribution in [1.29, 1.82) is 0 Å². The van der Waals surface area contributed by atoms with Gasteiger partial charge in [-0.15, -0.1) is 0 Å². The van der Waals surface area contributed by atoms with Crippen LogP contribution in [0.15, 0.2) is 54.9 Å². The number of carbonyl (C=O) groups excluding carboxylic acids is 5. The van der Waals surface area contributed by atoms with Gasteiger partial charge >= 0.3 is 0 Å². The lowest BCUT2D eigenvalue weighted by Gasteiger charge is -2.33. The van der Waals surface area contributed by atoms with E-state index in [0.29, 0.717) is 23.2 Å². The number of H-pyrrole nitrogens is 1. The van der Waals surface area contributed by atoms with Crippen LogP contribution in [0.3, 0.4) is 0 Å². The van der Waals surface area contributed by atoms with Crippen LogP contribution in [-0.4, -0.2) is 99.2 Å². The number of anilines is 1. The molecule has 4 aromatic rings. The number of piperidine rings is 2. The number of nitrogens with zero attached hydrogens (tertiary/aromatic N) is 4. The number of amides is 5. The van der Waals surface area contributed by atoms with Gasteiger partial charge in [-0.05, 0) is 63.4 Å². The molecule has 0 saturated carbocycles. The first-order chi connectivity index (χ1) is 25.8. The second kappa shape index (κ2) is 16.1. The fraction of sp³-hybridized carbons (Fsp3) is 0.395. The number of hydrogen-bond acceptors (Lipinski definition) is 10. The van der Waals surface area contributed by atoms with Gasteiger partial charge < -0.3 is 25.3 Å². The van der Waals surface area contributed by atoms with E-state index in [2.05, 4.69) is 30.8 Å². The van der Waals surface area contributed by atoms with Gasteiger partial charge in [-0.3, -0.25) is 34.2 Å². The van der Waals surface area contributed by atoms with Crippen LogP contribution in [0, 0.1) is 0 Å². The molecule has 0 spiro atoms. The van der Waals surface area contributed by atoms with Crippen molar-refractivity contribution in [3.05, 3.63) is 71.0 Å². The molecule has 14 nitrogen and oxygen atoms in total. The summed E-state index contributed by atoms with van der Waals surface area (Å²) in [6, 6.07) is 11.8. The molecule has 2 aromatic carbocycles. The van der Waals surface area contributed by atoms with Crippen molar-refractivity contribution in [2.45, 2.75) is 63.5 Å². The minimum absolute atomic E-state index is 0.0136. The third kappa shape index (κ3) is 8.03. The smallest absolute Gasteiger partial charge is 0.266 e. The Bertz CT molecular complexity index is 2050. The zero-order chi connectivity index (χ0) is 36.9. The second-order valence-electron chi connectivity index (χ2n) is 13.6. The van der Waals surface area contributed by atoms with Gasteiger partial charge in [0, 0.05) is 48.2 Å². The SMILES string of the molecule is O=C(COc1cccc2c1C(=O)N(C1CCC(=O)NC1=O)C2=O)NCCCCCCN1CCC[C@@H](Nc2ncc(Cl)c(-c3c[nH]c4ccccc34)n2)C1. The number of nitrogens with one attached hydrogen (secondary N) is 4. The quantitative estimate of drug-likeness (QED) is 0.108. The zero-order valence-electron chi connectivity index (χ0n) is 29.2. The van der Waals surface area contributed by atoms with E-state index in [-0.39, 0.29) is 48.3 Å². The number of para-hydroxylation sites is 1. The number of imide groups is 2. The summed E-state index contributed by atoms with van der Waals surface area (Å²) in [6.45, 7) is 3.11. The number of halogens is 1. The van der Waals surface area contributed by atoms with Crippen LogP contribution in [-0.2, 0) is 14.4 Å².